The van der Waals surface area contributed by atoms with E-state index in [2.05, 4.69) is 0 Å². The number of carbonyl (C=O) groups is 1. The molecule has 0 amide bonds. The molecule has 1 rings (SSSR count). The molecule has 14 heavy (non-hydrogen) atoms. The maximum absolute atomic E-state index is 10.7. The lowest BCUT2D eigenvalue weighted by atomic mass is 10.1. The second kappa shape index (κ2) is 5.22. The van der Waals surface area contributed by atoms with E-state index >= 15 is 0 Å². The van der Waals surface area contributed by atoms with Gasteiger partial charge in [0.15, 0.2) is 0 Å². The molecule has 0 bridgehead atoms. The van der Waals surface area contributed by atoms with Crippen LogP contribution in [0.15, 0.2) is 18.2 Å². The lowest BCUT2D eigenvalue weighted by molar-refractivity contribution is -0.111. The maximum Gasteiger partial charge on any atom is 0.239 e. The van der Waals surface area contributed by atoms with Gasteiger partial charge in [-0.05, 0) is 41.8 Å². The summed E-state index contributed by atoms with van der Waals surface area (Å²) in [7, 11) is 0. The number of halogens is 4. The molecule has 0 radical (unpaired) electrons. The van der Waals surface area contributed by atoms with E-state index in [1.807, 2.05) is 0 Å². The minimum Gasteiger partial charge on any atom is -0.280 e. The first-order chi connectivity index (χ1) is 6.50. The normalized spacial score (nSPS) is 12.6. The third-order valence-corrected chi connectivity index (χ3v) is 2.98. The van der Waals surface area contributed by atoms with Crippen molar-refractivity contribution in [3.63, 3.8) is 0 Å². The highest BCUT2D eigenvalue weighted by atomic mass is 35.5. The van der Waals surface area contributed by atoms with Crippen LogP contribution in [0.4, 0.5) is 0 Å². The Morgan fingerprint density at radius 2 is 2.00 bits per heavy atom. The van der Waals surface area contributed by atoms with Gasteiger partial charge < -0.3 is 0 Å². The van der Waals surface area contributed by atoms with Gasteiger partial charge in [-0.25, -0.2) is 0 Å². The molecule has 1 atom stereocenters. The van der Waals surface area contributed by atoms with E-state index in [0.29, 0.717) is 15.6 Å². The molecule has 0 heterocycles. The van der Waals surface area contributed by atoms with Crippen molar-refractivity contribution in [1.29, 1.82) is 0 Å². The maximum atomic E-state index is 10.7. The topological polar surface area (TPSA) is 17.1 Å². The molecular weight excluding hydrogens is 266 g/mol. The van der Waals surface area contributed by atoms with Gasteiger partial charge in [0.2, 0.25) is 5.24 Å². The Morgan fingerprint density at radius 3 is 2.57 bits per heavy atom. The van der Waals surface area contributed by atoms with Crippen molar-refractivity contribution in [3.05, 3.63) is 33.8 Å². The monoisotopic (exact) mass is 270 g/mol. The van der Waals surface area contributed by atoms with Gasteiger partial charge >= 0.3 is 0 Å². The van der Waals surface area contributed by atoms with Crippen LogP contribution in [-0.4, -0.2) is 10.6 Å². The molecule has 0 saturated carbocycles. The minimum absolute atomic E-state index is 0.281. The molecule has 0 N–H and O–H groups in total. The molecule has 0 spiro atoms. The summed E-state index contributed by atoms with van der Waals surface area (Å²) in [6, 6.07) is 4.99. The summed E-state index contributed by atoms with van der Waals surface area (Å²) in [6.45, 7) is 0. The fraction of sp³-hybridized carbons (Fsp3) is 0.222. The third kappa shape index (κ3) is 3.32. The van der Waals surface area contributed by atoms with Crippen LogP contribution < -0.4 is 0 Å². The predicted molar refractivity (Wildman–Crippen MR) is 60.7 cm³/mol. The molecule has 1 aromatic rings. The zero-order chi connectivity index (χ0) is 10.7. The van der Waals surface area contributed by atoms with Crippen LogP contribution in [-0.2, 0) is 11.2 Å². The standard InChI is InChI=1S/C9H6Cl4O/c10-6-1-2-7(11)5(3-6)4-8(12)9(13)14/h1-3,8H,4H2. The van der Waals surface area contributed by atoms with Crippen molar-refractivity contribution in [3.8, 4) is 0 Å². The number of hydrogen-bond acceptors (Lipinski definition) is 1. The van der Waals surface area contributed by atoms with Gasteiger partial charge in [-0.1, -0.05) is 23.2 Å². The number of hydrogen-bond donors (Lipinski definition) is 0. The molecule has 0 aliphatic heterocycles. The Balaban J connectivity index is 2.85. The third-order valence-electron chi connectivity index (χ3n) is 1.65. The quantitative estimate of drug-likeness (QED) is 0.602. The molecule has 0 fully saturated rings. The van der Waals surface area contributed by atoms with Gasteiger partial charge in [0.05, 0.1) is 0 Å². The number of carbonyl (C=O) groups excluding carboxylic acids is 1. The van der Waals surface area contributed by atoms with Gasteiger partial charge in [0, 0.05) is 10.0 Å². The Hall–Kier alpha value is 0.0500. The largest absolute Gasteiger partial charge is 0.280 e. The molecular formula is C9H6Cl4O. The second-order valence-corrected chi connectivity index (χ2v) is 4.45. The smallest absolute Gasteiger partial charge is 0.239 e. The van der Waals surface area contributed by atoms with Gasteiger partial charge in [-0.2, -0.15) is 0 Å². The van der Waals surface area contributed by atoms with Crippen LogP contribution in [0.5, 0.6) is 0 Å². The van der Waals surface area contributed by atoms with Crippen molar-refractivity contribution in [2.24, 2.45) is 0 Å². The Kier molecular flexibility index (Phi) is 4.52. The fourth-order valence-electron chi connectivity index (χ4n) is 0.973. The van der Waals surface area contributed by atoms with Crippen LogP contribution in [0.2, 0.25) is 10.0 Å². The van der Waals surface area contributed by atoms with Crippen molar-refractivity contribution >= 4 is 51.6 Å². The summed E-state index contributed by atoms with van der Waals surface area (Å²) < 4.78 is 0. The van der Waals surface area contributed by atoms with Crippen LogP contribution >= 0.6 is 46.4 Å². The van der Waals surface area contributed by atoms with E-state index in [1.165, 1.54) is 0 Å². The highest BCUT2D eigenvalue weighted by molar-refractivity contribution is 6.69. The van der Waals surface area contributed by atoms with E-state index in [4.69, 9.17) is 46.4 Å². The first kappa shape index (κ1) is 12.1. The van der Waals surface area contributed by atoms with E-state index in [9.17, 15) is 4.79 Å². The van der Waals surface area contributed by atoms with Gasteiger partial charge in [-0.15, -0.1) is 11.6 Å². The Morgan fingerprint density at radius 1 is 1.36 bits per heavy atom. The molecule has 0 aromatic heterocycles. The Bertz CT molecular complexity index is 351. The molecule has 0 saturated heterocycles. The first-order valence-electron chi connectivity index (χ1n) is 3.78. The lowest BCUT2D eigenvalue weighted by Gasteiger charge is -2.06. The molecule has 0 aliphatic carbocycles. The van der Waals surface area contributed by atoms with Crippen LogP contribution in [0.3, 0.4) is 0 Å². The number of alkyl halides is 1. The average molecular weight is 272 g/mol. The second-order valence-electron chi connectivity index (χ2n) is 2.71. The van der Waals surface area contributed by atoms with Gasteiger partial charge in [-0.3, -0.25) is 4.79 Å². The first-order valence-corrected chi connectivity index (χ1v) is 5.35. The van der Waals surface area contributed by atoms with E-state index in [-0.39, 0.29) is 6.42 Å². The van der Waals surface area contributed by atoms with Crippen molar-refractivity contribution in [1.82, 2.24) is 0 Å². The Labute approximate surface area is 102 Å². The average Bonchev–Trinajstić information content (AvgIpc) is 2.11. The summed E-state index contributed by atoms with van der Waals surface area (Å²) in [5, 5.41) is -0.288. The van der Waals surface area contributed by atoms with Crippen molar-refractivity contribution < 1.29 is 4.79 Å². The molecule has 5 heteroatoms. The lowest BCUT2D eigenvalue weighted by Crippen LogP contribution is -2.11. The fourth-order valence-corrected chi connectivity index (χ4v) is 1.61. The van der Waals surface area contributed by atoms with Crippen molar-refractivity contribution in [2.45, 2.75) is 11.8 Å². The van der Waals surface area contributed by atoms with E-state index in [1.54, 1.807) is 18.2 Å². The zero-order valence-corrected chi connectivity index (χ0v) is 9.96. The molecule has 1 aromatic carbocycles. The number of benzene rings is 1. The van der Waals surface area contributed by atoms with Crippen molar-refractivity contribution in [2.75, 3.05) is 0 Å². The molecule has 1 nitrogen and oxygen atoms in total. The summed E-state index contributed by atoms with van der Waals surface area (Å²) in [4.78, 5) is 10.7. The summed E-state index contributed by atoms with van der Waals surface area (Å²) in [5.74, 6) is 0. The SMILES string of the molecule is O=C(Cl)C(Cl)Cc1cc(Cl)ccc1Cl. The highest BCUT2D eigenvalue weighted by Crippen LogP contribution is 2.23. The van der Waals surface area contributed by atoms with E-state index in [0.717, 1.165) is 0 Å². The van der Waals surface area contributed by atoms with Gasteiger partial charge in [0.1, 0.15) is 5.38 Å². The molecule has 0 aliphatic rings. The minimum atomic E-state index is -0.771. The van der Waals surface area contributed by atoms with Crippen LogP contribution in [0.25, 0.3) is 0 Å². The highest BCUT2D eigenvalue weighted by Gasteiger charge is 2.15. The van der Waals surface area contributed by atoms with E-state index < -0.39 is 10.6 Å². The predicted octanol–water partition coefficient (Wildman–Crippen LogP) is 3.91. The summed E-state index contributed by atoms with van der Waals surface area (Å²) in [5.41, 5.74) is 0.716. The van der Waals surface area contributed by atoms with Crippen LogP contribution in [0, 0.1) is 0 Å². The summed E-state index contributed by atoms with van der Waals surface area (Å²) in [6.07, 6.45) is 0.281. The van der Waals surface area contributed by atoms with Gasteiger partial charge in [0.25, 0.3) is 0 Å². The zero-order valence-electron chi connectivity index (χ0n) is 6.94. The number of rotatable bonds is 3. The summed E-state index contributed by atoms with van der Waals surface area (Å²) >= 11 is 22.5. The molecule has 76 valence electrons. The molecule has 1 unspecified atom stereocenters. The van der Waals surface area contributed by atoms with Crippen LogP contribution in [0.1, 0.15) is 5.56 Å².